The summed E-state index contributed by atoms with van der Waals surface area (Å²) in [4.78, 5) is 19.6. The molecule has 0 bridgehead atoms. The maximum absolute atomic E-state index is 14.0. The van der Waals surface area contributed by atoms with Crippen LogP contribution in [0.1, 0.15) is 48.5 Å². The van der Waals surface area contributed by atoms with Crippen molar-refractivity contribution in [2.24, 2.45) is 10.9 Å². The predicted molar refractivity (Wildman–Crippen MR) is 148 cm³/mol. The van der Waals surface area contributed by atoms with Crippen molar-refractivity contribution in [1.82, 2.24) is 15.5 Å². The van der Waals surface area contributed by atoms with Crippen LogP contribution in [0.4, 0.5) is 23.2 Å². The first kappa shape index (κ1) is 29.3. The van der Waals surface area contributed by atoms with Crippen molar-refractivity contribution >= 4 is 33.5 Å². The summed E-state index contributed by atoms with van der Waals surface area (Å²) in [6.07, 6.45) is -2.77. The van der Waals surface area contributed by atoms with Gasteiger partial charge in [-0.25, -0.2) is 9.38 Å². The number of amides is 1. The molecule has 39 heavy (non-hydrogen) atoms. The van der Waals surface area contributed by atoms with E-state index in [0.717, 1.165) is 25.3 Å². The average molecular weight is 613 g/mol. The molecule has 2 aromatic carbocycles. The minimum atomic E-state index is -4.15. The van der Waals surface area contributed by atoms with Gasteiger partial charge in [0, 0.05) is 47.9 Å². The number of carbonyl (C=O) groups excluding carboxylic acids is 1. The summed E-state index contributed by atoms with van der Waals surface area (Å²) in [5.74, 6) is -1.18. The van der Waals surface area contributed by atoms with Gasteiger partial charge in [-0.15, -0.1) is 0 Å². The average Bonchev–Trinajstić information content (AvgIpc) is 2.90. The lowest BCUT2D eigenvalue weighted by Crippen LogP contribution is -2.53. The van der Waals surface area contributed by atoms with E-state index in [1.54, 1.807) is 36.4 Å². The van der Waals surface area contributed by atoms with Crippen LogP contribution >= 0.6 is 15.9 Å². The number of nitrogens with one attached hydrogen (secondary N) is 3. The molecule has 1 amide bonds. The maximum atomic E-state index is 14.0. The van der Waals surface area contributed by atoms with Crippen LogP contribution in [0.15, 0.2) is 51.9 Å². The number of hydrogen-bond donors (Lipinski definition) is 3. The first-order valence-electron chi connectivity index (χ1n) is 13.3. The number of rotatable bonds is 6. The summed E-state index contributed by atoms with van der Waals surface area (Å²) < 4.78 is 54.0. The van der Waals surface area contributed by atoms with Crippen molar-refractivity contribution in [3.8, 4) is 0 Å². The van der Waals surface area contributed by atoms with Gasteiger partial charge in [-0.2, -0.15) is 13.2 Å². The standard InChI is InChI=1S/C28H34BrF4N5O/c1-18-17-38(15-14-34-18)27(37-24-10-5-21(6-11-24)28(31,32)33)36-23-8-3-20(4-9-23)26(39)35-13-12-19-2-7-22(29)16-25(19)30/h2-4,7-9,16,18,21,24,34H,5-6,10-15,17H2,1H3,(H,35,39)(H,36,37)/t18-,21?,24?/m0/s1. The summed E-state index contributed by atoms with van der Waals surface area (Å²) >= 11 is 3.23. The molecule has 1 atom stereocenters. The maximum Gasteiger partial charge on any atom is 0.391 e. The SMILES string of the molecule is C[C@H]1CN(C(=NC2CCC(C(F)(F)F)CC2)Nc2ccc(C(=O)NCCc3ccc(Br)cc3F)cc2)CCN1. The lowest BCUT2D eigenvalue weighted by Gasteiger charge is -2.36. The summed E-state index contributed by atoms with van der Waals surface area (Å²) in [5.41, 5.74) is 1.73. The number of nitrogens with zero attached hydrogens (tertiary/aromatic N) is 2. The Bertz CT molecular complexity index is 1150. The number of carbonyl (C=O) groups is 1. The molecule has 2 aromatic rings. The van der Waals surface area contributed by atoms with E-state index in [0.29, 0.717) is 47.4 Å². The molecule has 3 N–H and O–H groups in total. The van der Waals surface area contributed by atoms with Crippen molar-refractivity contribution < 1.29 is 22.4 Å². The molecule has 0 unspecified atom stereocenters. The Hall–Kier alpha value is -2.66. The fourth-order valence-corrected chi connectivity index (χ4v) is 5.33. The highest BCUT2D eigenvalue weighted by atomic mass is 79.9. The van der Waals surface area contributed by atoms with E-state index in [-0.39, 0.29) is 36.6 Å². The molecule has 0 radical (unpaired) electrons. The second-order valence-electron chi connectivity index (χ2n) is 10.2. The van der Waals surface area contributed by atoms with E-state index in [9.17, 15) is 22.4 Å². The van der Waals surface area contributed by atoms with Gasteiger partial charge in [-0.05, 0) is 81.0 Å². The molecule has 6 nitrogen and oxygen atoms in total. The van der Waals surface area contributed by atoms with E-state index in [1.165, 1.54) is 6.07 Å². The zero-order chi connectivity index (χ0) is 28.0. The largest absolute Gasteiger partial charge is 0.391 e. The van der Waals surface area contributed by atoms with Gasteiger partial charge in [0.1, 0.15) is 5.82 Å². The number of halogens is 5. The van der Waals surface area contributed by atoms with Crippen LogP contribution in [-0.4, -0.2) is 61.2 Å². The molecule has 2 aliphatic rings. The van der Waals surface area contributed by atoms with Crippen molar-refractivity contribution in [3.05, 3.63) is 63.9 Å². The summed E-state index contributed by atoms with van der Waals surface area (Å²) in [6, 6.07) is 11.9. The molecule has 0 aromatic heterocycles. The number of piperazine rings is 1. The topological polar surface area (TPSA) is 68.8 Å². The quantitative estimate of drug-likeness (QED) is 0.221. The Morgan fingerprint density at radius 3 is 2.49 bits per heavy atom. The minimum absolute atomic E-state index is 0.0984. The number of anilines is 1. The smallest absolute Gasteiger partial charge is 0.352 e. The number of alkyl halides is 3. The molecule has 11 heteroatoms. The summed E-state index contributed by atoms with van der Waals surface area (Å²) in [6.45, 7) is 4.62. The van der Waals surface area contributed by atoms with Crippen LogP contribution in [0, 0.1) is 11.7 Å². The number of hydrogen-bond acceptors (Lipinski definition) is 3. The number of benzene rings is 2. The van der Waals surface area contributed by atoms with Gasteiger partial charge < -0.3 is 20.9 Å². The van der Waals surface area contributed by atoms with E-state index < -0.39 is 12.1 Å². The Labute approximate surface area is 234 Å². The Morgan fingerprint density at radius 2 is 1.85 bits per heavy atom. The van der Waals surface area contributed by atoms with Crippen molar-refractivity contribution in [3.63, 3.8) is 0 Å². The highest BCUT2D eigenvalue weighted by Crippen LogP contribution is 2.38. The fourth-order valence-electron chi connectivity index (χ4n) is 4.99. The van der Waals surface area contributed by atoms with E-state index in [2.05, 4.69) is 43.7 Å². The molecule has 1 saturated carbocycles. The Kier molecular flexibility index (Phi) is 9.87. The van der Waals surface area contributed by atoms with Crippen molar-refractivity contribution in [2.45, 2.75) is 57.3 Å². The minimum Gasteiger partial charge on any atom is -0.352 e. The monoisotopic (exact) mass is 611 g/mol. The number of guanidine groups is 1. The van der Waals surface area contributed by atoms with E-state index >= 15 is 0 Å². The normalized spacial score (nSPS) is 22.5. The van der Waals surface area contributed by atoms with Crippen LogP contribution in [0.2, 0.25) is 0 Å². The molecule has 1 saturated heterocycles. The molecule has 212 valence electrons. The van der Waals surface area contributed by atoms with E-state index in [1.807, 2.05) is 0 Å². The summed E-state index contributed by atoms with van der Waals surface area (Å²) in [7, 11) is 0. The van der Waals surface area contributed by atoms with Gasteiger partial charge >= 0.3 is 6.18 Å². The third kappa shape index (κ3) is 8.41. The predicted octanol–water partition coefficient (Wildman–Crippen LogP) is 5.74. The second-order valence-corrected chi connectivity index (χ2v) is 11.2. The van der Waals surface area contributed by atoms with Crippen LogP contribution in [0.25, 0.3) is 0 Å². The second kappa shape index (κ2) is 13.1. The summed E-state index contributed by atoms with van der Waals surface area (Å²) in [5, 5.41) is 9.56. The lowest BCUT2D eigenvalue weighted by molar-refractivity contribution is -0.182. The zero-order valence-electron chi connectivity index (χ0n) is 21.8. The molecule has 0 spiro atoms. The van der Waals surface area contributed by atoms with Gasteiger partial charge in [0.05, 0.1) is 12.0 Å². The van der Waals surface area contributed by atoms with Gasteiger partial charge in [0.25, 0.3) is 5.91 Å². The number of aliphatic imine (C=N–C) groups is 1. The molecule has 1 aliphatic heterocycles. The molecular formula is C28H34BrF4N5O. The molecular weight excluding hydrogens is 578 g/mol. The molecule has 4 rings (SSSR count). The van der Waals surface area contributed by atoms with Gasteiger partial charge in [0.2, 0.25) is 0 Å². The van der Waals surface area contributed by atoms with Crippen molar-refractivity contribution in [2.75, 3.05) is 31.5 Å². The van der Waals surface area contributed by atoms with Crippen LogP contribution in [0.3, 0.4) is 0 Å². The third-order valence-electron chi connectivity index (χ3n) is 7.23. The Balaban J connectivity index is 1.37. The van der Waals surface area contributed by atoms with Crippen molar-refractivity contribution in [1.29, 1.82) is 0 Å². The van der Waals surface area contributed by atoms with Gasteiger partial charge in [-0.1, -0.05) is 22.0 Å². The van der Waals surface area contributed by atoms with Crippen LogP contribution in [-0.2, 0) is 6.42 Å². The van der Waals surface area contributed by atoms with Gasteiger partial charge in [-0.3, -0.25) is 4.79 Å². The highest BCUT2D eigenvalue weighted by molar-refractivity contribution is 9.10. The highest BCUT2D eigenvalue weighted by Gasteiger charge is 2.41. The lowest BCUT2D eigenvalue weighted by atomic mass is 9.86. The zero-order valence-corrected chi connectivity index (χ0v) is 23.4. The molecule has 2 fully saturated rings. The van der Waals surface area contributed by atoms with E-state index in [4.69, 9.17) is 4.99 Å². The van der Waals surface area contributed by atoms with Gasteiger partial charge in [0.15, 0.2) is 5.96 Å². The first-order valence-corrected chi connectivity index (χ1v) is 14.1. The Morgan fingerprint density at radius 1 is 1.13 bits per heavy atom. The fraction of sp³-hybridized carbons (Fsp3) is 0.500. The first-order chi connectivity index (χ1) is 18.6. The molecule has 1 heterocycles. The van der Waals surface area contributed by atoms with Crippen LogP contribution < -0.4 is 16.0 Å². The van der Waals surface area contributed by atoms with Crippen LogP contribution in [0.5, 0.6) is 0 Å². The third-order valence-corrected chi connectivity index (χ3v) is 7.72. The molecule has 1 aliphatic carbocycles.